The second kappa shape index (κ2) is 35.4. The average molecular weight is 1080 g/mol. The van der Waals surface area contributed by atoms with Crippen LogP contribution in [0, 0.1) is 11.3 Å². The van der Waals surface area contributed by atoms with Crippen molar-refractivity contribution in [2.45, 2.75) is 176 Å². The number of methoxy groups -OCH3 is 1. The number of rotatable bonds is 39. The fraction of sp³-hybridized carbons (Fsp3) is 0.704. The molecule has 430 valence electrons. The summed E-state index contributed by atoms with van der Waals surface area (Å²) in [6, 6.07) is 3.67. The molecule has 22 heteroatoms. The third-order valence-electron chi connectivity index (χ3n) is 12.2. The Morgan fingerprint density at radius 1 is 0.566 bits per heavy atom. The minimum atomic E-state index is -1.77. The molecule has 76 heavy (non-hydrogen) atoms. The molecule has 7 N–H and O–H groups in total. The zero-order valence-corrected chi connectivity index (χ0v) is 47.1. The first-order valence-electron chi connectivity index (χ1n) is 26.4. The second-order valence-corrected chi connectivity index (χ2v) is 20.4. The van der Waals surface area contributed by atoms with Crippen LogP contribution in [0.25, 0.3) is 0 Å². The number of hydrogen-bond donors (Lipinski definition) is 7. The normalized spacial score (nSPS) is 12.9. The van der Waals surface area contributed by atoms with Gasteiger partial charge in [0.1, 0.15) is 12.1 Å². The van der Waals surface area contributed by atoms with Gasteiger partial charge in [0.15, 0.2) is 5.78 Å². The Bertz CT molecular complexity index is 2010. The molecular formula is C54H89N7O15. The van der Waals surface area contributed by atoms with Gasteiger partial charge >= 0.3 is 11.9 Å². The summed E-state index contributed by atoms with van der Waals surface area (Å²) < 4.78 is 26.8. The second-order valence-electron chi connectivity index (χ2n) is 20.4. The third kappa shape index (κ3) is 27.7. The monoisotopic (exact) mass is 1080 g/mol. The highest BCUT2D eigenvalue weighted by Crippen LogP contribution is 2.29. The van der Waals surface area contributed by atoms with Gasteiger partial charge < -0.3 is 60.9 Å². The maximum atomic E-state index is 13.8. The molecule has 0 saturated carbocycles. The molecule has 22 nitrogen and oxygen atoms in total. The van der Waals surface area contributed by atoms with Crippen LogP contribution in [0.2, 0.25) is 0 Å². The number of hydrogen-bond acceptors (Lipinski definition) is 15. The van der Waals surface area contributed by atoms with Crippen LogP contribution in [-0.2, 0) is 78.1 Å². The van der Waals surface area contributed by atoms with E-state index in [1.54, 1.807) is 37.4 Å². The molecule has 0 aliphatic rings. The summed E-state index contributed by atoms with van der Waals surface area (Å²) in [6.07, 6.45) is 2.17. The predicted molar refractivity (Wildman–Crippen MR) is 283 cm³/mol. The van der Waals surface area contributed by atoms with Gasteiger partial charge in [-0.3, -0.25) is 38.4 Å². The molecule has 0 aliphatic heterocycles. The van der Waals surface area contributed by atoms with Crippen LogP contribution < -0.4 is 37.2 Å². The topological polar surface area (TPSA) is 301 Å². The first-order chi connectivity index (χ1) is 35.7. The molecule has 0 fully saturated rings. The van der Waals surface area contributed by atoms with E-state index < -0.39 is 101 Å². The fourth-order valence-electron chi connectivity index (χ4n) is 7.51. The van der Waals surface area contributed by atoms with Crippen molar-refractivity contribution in [3.63, 3.8) is 0 Å². The van der Waals surface area contributed by atoms with E-state index in [1.165, 1.54) is 13.8 Å². The zero-order chi connectivity index (χ0) is 57.5. The standard InChI is InChI=1S/C54H89N7O15/c1-13-54(11,14-2)47(67)38(24-20-21-28-55-42(63)27-29-75-53(9,10)35-76-52(7,8)34-72-12)58-43(64)26-25-41(62)56-32-44(65)59-39(30-36(5)6)49(69)60-40(31-37-22-18-17-19-23-37)48(68)57-33-45(66)61-46(50(70)73-15-3)51(71)74-16-4/h17-19,22-23,36,38-40,46H,13-16,20-21,24-35H2,1-12H3,(H,55,63)(H,56,62)(H,57,68)(H,58,64)(H,59,65)(H,60,69)(H,61,66). The number of Topliss-reactive ketones (excluding diaryl/α,β-unsaturated/α-hetero) is 1. The van der Waals surface area contributed by atoms with Gasteiger partial charge in [-0.1, -0.05) is 65.0 Å². The fourth-order valence-corrected chi connectivity index (χ4v) is 7.51. The Hall–Kier alpha value is -6.00. The van der Waals surface area contributed by atoms with Crippen molar-refractivity contribution in [3.05, 3.63) is 35.9 Å². The van der Waals surface area contributed by atoms with Gasteiger partial charge in [-0.2, -0.15) is 0 Å². The summed E-state index contributed by atoms with van der Waals surface area (Å²) in [5, 5.41) is 18.0. The number of carbonyl (C=O) groups is 10. The summed E-state index contributed by atoms with van der Waals surface area (Å²) in [7, 11) is 1.61. The lowest BCUT2D eigenvalue weighted by atomic mass is 9.76. The molecule has 1 rings (SSSR count). The third-order valence-corrected chi connectivity index (χ3v) is 12.2. The number of esters is 2. The Morgan fingerprint density at radius 2 is 1.12 bits per heavy atom. The van der Waals surface area contributed by atoms with Crippen LogP contribution in [-0.4, -0.2) is 154 Å². The molecule has 0 aliphatic carbocycles. The highest BCUT2D eigenvalue weighted by atomic mass is 16.6. The van der Waals surface area contributed by atoms with Crippen molar-refractivity contribution < 1.29 is 71.6 Å². The lowest BCUT2D eigenvalue weighted by Crippen LogP contribution is -2.57. The number of ether oxygens (including phenoxy) is 5. The summed E-state index contributed by atoms with van der Waals surface area (Å²) >= 11 is 0. The van der Waals surface area contributed by atoms with Gasteiger partial charge in [0, 0.05) is 44.8 Å². The molecule has 0 aromatic heterocycles. The van der Waals surface area contributed by atoms with Crippen molar-refractivity contribution in [3.8, 4) is 0 Å². The van der Waals surface area contributed by atoms with Crippen LogP contribution in [0.4, 0.5) is 0 Å². The molecule has 1 aromatic rings. The Kier molecular flexibility index (Phi) is 31.6. The summed E-state index contributed by atoms with van der Waals surface area (Å²) in [4.78, 5) is 131. The van der Waals surface area contributed by atoms with Crippen LogP contribution in [0.3, 0.4) is 0 Å². The smallest absolute Gasteiger partial charge is 0.340 e. The minimum absolute atomic E-state index is 0.0195. The number of amides is 7. The molecule has 0 radical (unpaired) electrons. The van der Waals surface area contributed by atoms with E-state index in [4.69, 9.17) is 23.7 Å². The van der Waals surface area contributed by atoms with E-state index in [1.807, 2.05) is 62.3 Å². The summed E-state index contributed by atoms with van der Waals surface area (Å²) in [5.74, 6) is -6.84. The first-order valence-corrected chi connectivity index (χ1v) is 26.4. The first kappa shape index (κ1) is 68.0. The molecule has 0 saturated heterocycles. The Morgan fingerprint density at radius 3 is 1.70 bits per heavy atom. The number of nitrogens with one attached hydrogen (secondary N) is 7. The van der Waals surface area contributed by atoms with E-state index in [2.05, 4.69) is 37.2 Å². The predicted octanol–water partition coefficient (Wildman–Crippen LogP) is 2.66. The quantitative estimate of drug-likeness (QED) is 0.0283. The molecule has 3 atom stereocenters. The minimum Gasteiger partial charge on any atom is -0.464 e. The lowest BCUT2D eigenvalue weighted by Gasteiger charge is -2.31. The van der Waals surface area contributed by atoms with Gasteiger partial charge in [-0.05, 0) is 91.5 Å². The average Bonchev–Trinajstić information content (AvgIpc) is 3.36. The maximum Gasteiger partial charge on any atom is 0.340 e. The lowest BCUT2D eigenvalue weighted by molar-refractivity contribution is -0.159. The van der Waals surface area contributed by atoms with Crippen molar-refractivity contribution in [2.24, 2.45) is 11.3 Å². The number of ketones is 1. The van der Waals surface area contributed by atoms with Crippen molar-refractivity contribution in [1.82, 2.24) is 37.2 Å². The van der Waals surface area contributed by atoms with Gasteiger partial charge in [0.25, 0.3) is 0 Å². The van der Waals surface area contributed by atoms with Gasteiger partial charge in [0.2, 0.25) is 47.4 Å². The van der Waals surface area contributed by atoms with Crippen LogP contribution in [0.1, 0.15) is 140 Å². The van der Waals surface area contributed by atoms with Gasteiger partial charge in [0.05, 0.1) is 63.4 Å². The largest absolute Gasteiger partial charge is 0.464 e. The maximum absolute atomic E-state index is 13.8. The van der Waals surface area contributed by atoms with E-state index in [0.717, 1.165) is 0 Å². The molecular weight excluding hydrogens is 987 g/mol. The molecule has 1 aromatic carbocycles. The van der Waals surface area contributed by atoms with E-state index in [0.29, 0.717) is 57.4 Å². The van der Waals surface area contributed by atoms with Crippen LogP contribution in [0.15, 0.2) is 30.3 Å². The number of unbranched alkanes of at least 4 members (excludes halogenated alkanes) is 1. The summed E-state index contributed by atoms with van der Waals surface area (Å²) in [5.41, 5.74) is -1.14. The Labute approximate surface area is 449 Å². The number of benzene rings is 1. The number of carbonyl (C=O) groups excluding carboxylic acids is 10. The molecule has 0 bridgehead atoms. The zero-order valence-electron chi connectivity index (χ0n) is 47.1. The SMILES string of the molecule is CCOC(=O)C(NC(=O)CNC(=O)C(Cc1ccccc1)NC(=O)C(CC(C)C)NC(=O)CNC(=O)CCC(=O)NC(CCCCNC(=O)CCOC(C)(C)COC(C)(C)COC)C(=O)C(C)(CC)CC)C(=O)OCC. The highest BCUT2D eigenvalue weighted by Gasteiger charge is 2.36. The Balaban J connectivity index is 2.86. The van der Waals surface area contributed by atoms with Crippen LogP contribution >= 0.6 is 0 Å². The molecule has 0 spiro atoms. The molecule has 0 heterocycles. The molecule has 3 unspecified atom stereocenters. The van der Waals surface area contributed by atoms with E-state index in [-0.39, 0.29) is 69.5 Å². The van der Waals surface area contributed by atoms with Gasteiger partial charge in [-0.25, -0.2) is 9.59 Å². The van der Waals surface area contributed by atoms with Crippen molar-refractivity contribution in [1.29, 1.82) is 0 Å². The highest BCUT2D eigenvalue weighted by molar-refractivity contribution is 6.03. The summed E-state index contributed by atoms with van der Waals surface area (Å²) in [6.45, 7) is 19.9. The molecule has 7 amide bonds. The van der Waals surface area contributed by atoms with Crippen molar-refractivity contribution in [2.75, 3.05) is 59.8 Å². The van der Waals surface area contributed by atoms with Gasteiger partial charge in [-0.15, -0.1) is 0 Å². The van der Waals surface area contributed by atoms with E-state index >= 15 is 0 Å². The van der Waals surface area contributed by atoms with Crippen molar-refractivity contribution >= 4 is 59.1 Å². The van der Waals surface area contributed by atoms with E-state index in [9.17, 15) is 47.9 Å². The van der Waals surface area contributed by atoms with Crippen LogP contribution in [0.5, 0.6) is 0 Å².